The van der Waals surface area contributed by atoms with Gasteiger partial charge in [-0.3, -0.25) is 4.79 Å². The average molecular weight is 361 g/mol. The minimum absolute atomic E-state index is 0.152. The molecule has 4 rings (SSSR count). The van der Waals surface area contributed by atoms with E-state index in [2.05, 4.69) is 12.2 Å². The first-order valence-electron chi connectivity index (χ1n) is 9.19. The molecule has 3 aromatic rings. The van der Waals surface area contributed by atoms with Gasteiger partial charge in [-0.2, -0.15) is 0 Å². The number of aromatic nitrogens is 2. The second-order valence-electron chi connectivity index (χ2n) is 7.16. The molecule has 0 unspecified atom stereocenters. The summed E-state index contributed by atoms with van der Waals surface area (Å²) in [5, 5.41) is 8.16. The fourth-order valence-corrected chi connectivity index (χ4v) is 3.62. The number of aryl methyl sites for hydroxylation is 1. The molecule has 5 heteroatoms. The van der Waals surface area contributed by atoms with Gasteiger partial charge < -0.3 is 10.1 Å². The van der Waals surface area contributed by atoms with Crippen molar-refractivity contribution in [3.05, 3.63) is 65.4 Å². The second kappa shape index (κ2) is 6.91. The number of Topliss-reactive ketones (excluding diaryl/α,β-unsaturated/α-hetero) is 1. The fraction of sp³-hybridized carbons (Fsp3) is 0.273. The van der Waals surface area contributed by atoms with E-state index in [1.54, 1.807) is 7.11 Å². The molecule has 1 atom stereocenters. The van der Waals surface area contributed by atoms with Crippen molar-refractivity contribution in [3.8, 4) is 11.4 Å². The van der Waals surface area contributed by atoms with Crippen LogP contribution >= 0.6 is 0 Å². The predicted octanol–water partition coefficient (Wildman–Crippen LogP) is 4.70. The fourth-order valence-electron chi connectivity index (χ4n) is 3.62. The summed E-state index contributed by atoms with van der Waals surface area (Å²) >= 11 is 0. The molecule has 0 spiro atoms. The summed E-state index contributed by atoms with van der Waals surface area (Å²) in [6.45, 7) is 4.15. The van der Waals surface area contributed by atoms with Gasteiger partial charge >= 0.3 is 0 Å². The smallest absolute Gasteiger partial charge is 0.168 e. The van der Waals surface area contributed by atoms with Crippen molar-refractivity contribution in [1.82, 2.24) is 9.78 Å². The van der Waals surface area contributed by atoms with Crippen molar-refractivity contribution >= 4 is 17.3 Å². The van der Waals surface area contributed by atoms with Crippen molar-refractivity contribution in [1.29, 1.82) is 0 Å². The summed E-state index contributed by atoms with van der Waals surface area (Å²) in [7, 11) is 1.65. The minimum atomic E-state index is 0.152. The van der Waals surface area contributed by atoms with Crippen LogP contribution < -0.4 is 10.1 Å². The monoisotopic (exact) mass is 361 g/mol. The number of nitrogens with one attached hydrogen (secondary N) is 1. The number of ether oxygens (including phenoxy) is 1. The topological polar surface area (TPSA) is 56.1 Å². The molecule has 0 amide bonds. The first-order chi connectivity index (χ1) is 13.1. The molecule has 5 nitrogen and oxygen atoms in total. The zero-order valence-corrected chi connectivity index (χ0v) is 15.8. The average Bonchev–Trinajstić information content (AvgIpc) is 3.02. The lowest BCUT2D eigenvalue weighted by molar-refractivity contribution is 0.0953. The molecule has 2 aromatic carbocycles. The van der Waals surface area contributed by atoms with E-state index in [-0.39, 0.29) is 5.78 Å². The maximum Gasteiger partial charge on any atom is 0.168 e. The van der Waals surface area contributed by atoms with E-state index in [9.17, 15) is 4.79 Å². The van der Waals surface area contributed by atoms with Crippen molar-refractivity contribution in [3.63, 3.8) is 0 Å². The van der Waals surface area contributed by atoms with E-state index >= 15 is 0 Å². The summed E-state index contributed by atoms with van der Waals surface area (Å²) in [6.07, 6.45) is 1.39. The predicted molar refractivity (Wildman–Crippen MR) is 106 cm³/mol. The Bertz CT molecular complexity index is 989. The number of nitrogens with zero attached hydrogens (tertiary/aromatic N) is 2. The molecule has 0 bridgehead atoms. The number of methoxy groups -OCH3 is 1. The quantitative estimate of drug-likeness (QED) is 0.732. The summed E-state index contributed by atoms with van der Waals surface area (Å²) in [4.78, 5) is 12.8. The van der Waals surface area contributed by atoms with Gasteiger partial charge in [-0.1, -0.05) is 25.1 Å². The highest BCUT2D eigenvalue weighted by Gasteiger charge is 2.31. The van der Waals surface area contributed by atoms with Gasteiger partial charge in [-0.25, -0.2) is 4.68 Å². The molecule has 1 aromatic heterocycles. The number of para-hydroxylation sites is 1. The first kappa shape index (κ1) is 17.3. The van der Waals surface area contributed by atoms with Crippen LogP contribution in [0.25, 0.3) is 5.69 Å². The minimum Gasteiger partial charge on any atom is -0.497 e. The molecular formula is C22H23N3O2. The second-order valence-corrected chi connectivity index (χ2v) is 7.16. The highest BCUT2D eigenvalue weighted by molar-refractivity contribution is 6.03. The Hall–Kier alpha value is -3.08. The maximum absolute atomic E-state index is 12.8. The molecule has 0 saturated carbocycles. The molecule has 1 aliphatic carbocycles. The van der Waals surface area contributed by atoms with Crippen molar-refractivity contribution < 1.29 is 9.53 Å². The lowest BCUT2D eigenvalue weighted by atomic mass is 9.87. The van der Waals surface area contributed by atoms with Crippen LogP contribution in [-0.2, 0) is 6.42 Å². The summed E-state index contributed by atoms with van der Waals surface area (Å²) < 4.78 is 7.14. The van der Waals surface area contributed by atoms with Crippen molar-refractivity contribution in [2.24, 2.45) is 5.92 Å². The van der Waals surface area contributed by atoms with Crippen LogP contribution in [0.2, 0.25) is 0 Å². The summed E-state index contributed by atoms with van der Waals surface area (Å²) in [5.74, 6) is 1.89. The molecule has 0 radical (unpaired) electrons. The van der Waals surface area contributed by atoms with Crippen LogP contribution in [0.4, 0.5) is 11.5 Å². The third kappa shape index (κ3) is 3.21. The van der Waals surface area contributed by atoms with Crippen LogP contribution in [0, 0.1) is 12.8 Å². The van der Waals surface area contributed by atoms with Gasteiger partial charge in [0.1, 0.15) is 5.75 Å². The summed E-state index contributed by atoms with van der Waals surface area (Å²) in [6, 6.07) is 15.8. The van der Waals surface area contributed by atoms with E-state index in [0.717, 1.165) is 34.8 Å². The van der Waals surface area contributed by atoms with E-state index in [1.807, 2.05) is 60.1 Å². The van der Waals surface area contributed by atoms with Crippen molar-refractivity contribution in [2.75, 3.05) is 12.4 Å². The van der Waals surface area contributed by atoms with E-state index in [4.69, 9.17) is 9.84 Å². The largest absolute Gasteiger partial charge is 0.497 e. The Kier molecular flexibility index (Phi) is 4.44. The Morgan fingerprint density at radius 2 is 1.85 bits per heavy atom. The number of rotatable bonds is 4. The Morgan fingerprint density at radius 3 is 2.56 bits per heavy atom. The van der Waals surface area contributed by atoms with Crippen molar-refractivity contribution in [2.45, 2.75) is 26.7 Å². The van der Waals surface area contributed by atoms with Gasteiger partial charge in [0.2, 0.25) is 0 Å². The van der Waals surface area contributed by atoms with Gasteiger partial charge in [-0.05, 0) is 55.2 Å². The first-order valence-corrected chi connectivity index (χ1v) is 9.19. The molecule has 138 valence electrons. The standard InChI is InChI=1S/C22H23N3O2/c1-14-12-19-21(20(26)13-14)22(23-18-7-5-4-6-15(18)2)24-25(19)16-8-10-17(27-3)11-9-16/h4-11,14H,12-13H2,1-3H3,(H,23,24)/t14-/m1/s1. The highest BCUT2D eigenvalue weighted by atomic mass is 16.5. The normalized spacial score (nSPS) is 16.1. The third-order valence-corrected chi connectivity index (χ3v) is 5.05. The van der Waals surface area contributed by atoms with Gasteiger partial charge in [0.15, 0.2) is 11.6 Å². The number of ketones is 1. The van der Waals surface area contributed by atoms with Gasteiger partial charge in [-0.15, -0.1) is 5.10 Å². The molecule has 27 heavy (non-hydrogen) atoms. The SMILES string of the molecule is COc1ccc(-n2nc(Nc3ccccc3C)c3c2C[C@@H](C)CC3=O)cc1. The van der Waals surface area contributed by atoms with E-state index < -0.39 is 0 Å². The number of hydrogen-bond acceptors (Lipinski definition) is 4. The van der Waals surface area contributed by atoms with Gasteiger partial charge in [0, 0.05) is 12.1 Å². The third-order valence-electron chi connectivity index (χ3n) is 5.05. The van der Waals surface area contributed by atoms with Crippen LogP contribution in [0.1, 0.15) is 35.0 Å². The summed E-state index contributed by atoms with van der Waals surface area (Å²) in [5.41, 5.74) is 4.69. The number of fused-ring (bicyclic) bond motifs is 1. The Balaban J connectivity index is 1.82. The van der Waals surface area contributed by atoms with Gasteiger partial charge in [0.05, 0.1) is 24.1 Å². The molecule has 0 fully saturated rings. The molecular weight excluding hydrogens is 338 g/mol. The number of carbonyl (C=O) groups is 1. The van der Waals surface area contributed by atoms with Crippen LogP contribution in [0.5, 0.6) is 5.75 Å². The molecule has 0 aliphatic heterocycles. The van der Waals surface area contributed by atoms with Gasteiger partial charge in [0.25, 0.3) is 0 Å². The highest BCUT2D eigenvalue weighted by Crippen LogP contribution is 2.34. The molecule has 1 aliphatic rings. The lowest BCUT2D eigenvalue weighted by Crippen LogP contribution is -2.19. The Morgan fingerprint density at radius 1 is 1.11 bits per heavy atom. The van der Waals surface area contributed by atoms with E-state index in [0.29, 0.717) is 23.7 Å². The number of carbonyl (C=O) groups excluding carboxylic acids is 1. The molecule has 1 N–H and O–H groups in total. The van der Waals surface area contributed by atoms with Crippen LogP contribution in [0.15, 0.2) is 48.5 Å². The van der Waals surface area contributed by atoms with Crippen LogP contribution in [0.3, 0.4) is 0 Å². The zero-order valence-electron chi connectivity index (χ0n) is 15.8. The number of hydrogen-bond donors (Lipinski definition) is 1. The lowest BCUT2D eigenvalue weighted by Gasteiger charge is -2.19. The van der Waals surface area contributed by atoms with E-state index in [1.165, 1.54) is 0 Å². The molecule has 1 heterocycles. The number of anilines is 2. The van der Waals surface area contributed by atoms with Crippen LogP contribution in [-0.4, -0.2) is 22.7 Å². The zero-order chi connectivity index (χ0) is 19.0. The number of benzene rings is 2. The Labute approximate surface area is 159 Å². The molecule has 0 saturated heterocycles. The maximum atomic E-state index is 12.8.